The van der Waals surface area contributed by atoms with Crippen LogP contribution in [0, 0.1) is 27.7 Å². The first-order valence-electron chi connectivity index (χ1n) is 12.1. The van der Waals surface area contributed by atoms with Crippen LogP contribution < -0.4 is 15.5 Å². The summed E-state index contributed by atoms with van der Waals surface area (Å²) in [4.78, 5) is 16.6. The third-order valence-corrected chi connectivity index (χ3v) is 6.70. The van der Waals surface area contributed by atoms with Crippen molar-refractivity contribution in [1.82, 2.24) is 20.3 Å². The van der Waals surface area contributed by atoms with Crippen molar-refractivity contribution in [1.29, 1.82) is 0 Å². The summed E-state index contributed by atoms with van der Waals surface area (Å²) in [5, 5.41) is 15.6. The summed E-state index contributed by atoms with van der Waals surface area (Å²) in [6.07, 6.45) is 0. The molecular formula is C28H32N6OS. The summed E-state index contributed by atoms with van der Waals surface area (Å²) in [6, 6.07) is 15.8. The molecule has 4 rings (SSSR count). The zero-order valence-electron chi connectivity index (χ0n) is 21.6. The summed E-state index contributed by atoms with van der Waals surface area (Å²) < 4.78 is 0. The lowest BCUT2D eigenvalue weighted by atomic mass is 10.1. The smallest absolute Gasteiger partial charge is 0.257 e. The average Bonchev–Trinajstić information content (AvgIpc) is 3.24. The van der Waals surface area contributed by atoms with Crippen LogP contribution in [0.5, 0.6) is 0 Å². The molecule has 0 aliphatic heterocycles. The molecule has 4 aromatic rings. The van der Waals surface area contributed by atoms with Crippen LogP contribution in [0.25, 0.3) is 16.7 Å². The number of aryl methyl sites for hydroxylation is 4. The van der Waals surface area contributed by atoms with E-state index in [2.05, 4.69) is 54.5 Å². The number of nitrogens with one attached hydrogen (secondary N) is 2. The van der Waals surface area contributed by atoms with E-state index in [4.69, 9.17) is 22.4 Å². The fourth-order valence-electron chi connectivity index (χ4n) is 4.17. The molecule has 2 N–H and O–H groups in total. The van der Waals surface area contributed by atoms with E-state index >= 15 is 0 Å². The van der Waals surface area contributed by atoms with E-state index in [1.165, 1.54) is 5.69 Å². The molecule has 0 fully saturated rings. The van der Waals surface area contributed by atoms with Gasteiger partial charge in [0, 0.05) is 30.0 Å². The topological polar surface area (TPSA) is 75.1 Å². The van der Waals surface area contributed by atoms with Crippen LogP contribution in [0.3, 0.4) is 0 Å². The molecule has 1 aromatic heterocycles. The van der Waals surface area contributed by atoms with Gasteiger partial charge in [0.2, 0.25) is 0 Å². The predicted molar refractivity (Wildman–Crippen MR) is 152 cm³/mol. The highest BCUT2D eigenvalue weighted by atomic mass is 32.1. The Kier molecular flexibility index (Phi) is 7.35. The van der Waals surface area contributed by atoms with Gasteiger partial charge in [-0.1, -0.05) is 6.07 Å². The zero-order chi connectivity index (χ0) is 26.0. The largest absolute Gasteiger partial charge is 0.372 e. The summed E-state index contributed by atoms with van der Waals surface area (Å²) in [5.74, 6) is -0.246. The minimum atomic E-state index is -0.246. The lowest BCUT2D eigenvalue weighted by molar-refractivity contribution is 0.0977. The van der Waals surface area contributed by atoms with Gasteiger partial charge in [-0.3, -0.25) is 10.1 Å². The fraction of sp³-hybridized carbons (Fsp3) is 0.286. The number of aromatic nitrogens is 3. The van der Waals surface area contributed by atoms with Crippen molar-refractivity contribution in [3.63, 3.8) is 0 Å². The maximum atomic E-state index is 12.6. The van der Waals surface area contributed by atoms with Gasteiger partial charge in [-0.25, -0.2) is 0 Å². The van der Waals surface area contributed by atoms with Gasteiger partial charge in [-0.15, -0.1) is 10.2 Å². The number of thiocarbonyl (C=S) groups is 1. The number of carbonyl (C=O) groups is 1. The summed E-state index contributed by atoms with van der Waals surface area (Å²) in [5.41, 5.74) is 9.24. The van der Waals surface area contributed by atoms with Crippen LogP contribution in [0.1, 0.15) is 46.5 Å². The number of amides is 1. The molecule has 7 nitrogen and oxygen atoms in total. The van der Waals surface area contributed by atoms with Gasteiger partial charge >= 0.3 is 0 Å². The Morgan fingerprint density at radius 2 is 1.56 bits per heavy atom. The van der Waals surface area contributed by atoms with Gasteiger partial charge in [-0.2, -0.15) is 4.80 Å². The van der Waals surface area contributed by atoms with Gasteiger partial charge in [-0.05, 0) is 118 Å². The number of benzene rings is 3. The first-order valence-corrected chi connectivity index (χ1v) is 12.5. The quantitative estimate of drug-likeness (QED) is 0.334. The SMILES string of the molecule is CCN(CC)c1ccc(-n2nc3cc(C)c(NC(=S)NC(=O)c4ccc(C)c(C)c4)cc3n2)c(C)c1. The number of hydrogen-bond acceptors (Lipinski definition) is 5. The highest BCUT2D eigenvalue weighted by Gasteiger charge is 2.14. The van der Waals surface area contributed by atoms with E-state index in [9.17, 15) is 4.79 Å². The molecule has 36 heavy (non-hydrogen) atoms. The molecule has 8 heteroatoms. The van der Waals surface area contributed by atoms with Crippen LogP contribution in [-0.2, 0) is 0 Å². The molecule has 1 heterocycles. The molecule has 0 spiro atoms. The molecule has 0 aliphatic carbocycles. The zero-order valence-corrected chi connectivity index (χ0v) is 22.5. The molecule has 0 unspecified atom stereocenters. The maximum absolute atomic E-state index is 12.6. The van der Waals surface area contributed by atoms with Crippen molar-refractivity contribution >= 4 is 45.6 Å². The van der Waals surface area contributed by atoms with Crippen molar-refractivity contribution in [3.8, 4) is 5.69 Å². The van der Waals surface area contributed by atoms with Crippen LogP contribution in [0.4, 0.5) is 11.4 Å². The molecule has 0 aliphatic rings. The number of carbonyl (C=O) groups excluding carboxylic acids is 1. The highest BCUT2D eigenvalue weighted by molar-refractivity contribution is 7.80. The predicted octanol–water partition coefficient (Wildman–Crippen LogP) is 5.63. The molecule has 0 saturated heterocycles. The standard InChI is InChI=1S/C28H32N6OS/c1-7-33(8-2)22-11-12-26(20(6)14-22)34-31-24-15-19(5)23(16-25(24)32-34)29-28(36)30-27(35)21-10-9-17(3)18(4)13-21/h9-16H,7-8H2,1-6H3,(H2,29,30,35,36). The fourth-order valence-corrected chi connectivity index (χ4v) is 4.37. The minimum Gasteiger partial charge on any atom is -0.372 e. The normalized spacial score (nSPS) is 10.9. The van der Waals surface area contributed by atoms with E-state index in [0.717, 1.165) is 57.8 Å². The number of nitrogens with zero attached hydrogens (tertiary/aromatic N) is 4. The van der Waals surface area contributed by atoms with Crippen molar-refractivity contribution < 1.29 is 4.79 Å². The lowest BCUT2D eigenvalue weighted by Gasteiger charge is -2.22. The van der Waals surface area contributed by atoms with Gasteiger partial charge < -0.3 is 10.2 Å². The number of fused-ring (bicyclic) bond motifs is 1. The van der Waals surface area contributed by atoms with E-state index in [1.807, 2.05) is 45.0 Å². The first kappa shape index (κ1) is 25.3. The average molecular weight is 501 g/mol. The molecule has 0 saturated carbocycles. The van der Waals surface area contributed by atoms with E-state index < -0.39 is 0 Å². The Morgan fingerprint density at radius 1 is 0.861 bits per heavy atom. The third kappa shape index (κ3) is 5.23. The van der Waals surface area contributed by atoms with Crippen molar-refractivity contribution in [2.75, 3.05) is 23.3 Å². The second-order valence-corrected chi connectivity index (χ2v) is 9.40. The summed E-state index contributed by atoms with van der Waals surface area (Å²) in [6.45, 7) is 14.3. The van der Waals surface area contributed by atoms with Crippen LogP contribution in [0.2, 0.25) is 0 Å². The Bertz CT molecular complexity index is 1450. The number of hydrogen-bond donors (Lipinski definition) is 2. The summed E-state index contributed by atoms with van der Waals surface area (Å²) in [7, 11) is 0. The van der Waals surface area contributed by atoms with Gasteiger partial charge in [0.25, 0.3) is 5.91 Å². The second-order valence-electron chi connectivity index (χ2n) is 9.00. The lowest BCUT2D eigenvalue weighted by Crippen LogP contribution is -2.34. The molecule has 186 valence electrons. The molecule has 3 aromatic carbocycles. The Hall–Kier alpha value is -3.78. The Labute approximate surface area is 217 Å². The molecule has 1 amide bonds. The van der Waals surface area contributed by atoms with Crippen molar-refractivity contribution in [3.05, 3.63) is 76.3 Å². The number of anilines is 2. The van der Waals surface area contributed by atoms with Gasteiger partial charge in [0.1, 0.15) is 11.0 Å². The number of rotatable bonds is 6. The van der Waals surface area contributed by atoms with Crippen LogP contribution in [-0.4, -0.2) is 39.1 Å². The first-order chi connectivity index (χ1) is 17.2. The van der Waals surface area contributed by atoms with E-state index in [0.29, 0.717) is 5.56 Å². The second kappa shape index (κ2) is 10.5. The molecule has 0 radical (unpaired) electrons. The minimum absolute atomic E-state index is 0.232. The van der Waals surface area contributed by atoms with Gasteiger partial charge in [0.15, 0.2) is 5.11 Å². The van der Waals surface area contributed by atoms with Gasteiger partial charge in [0.05, 0.1) is 5.69 Å². The van der Waals surface area contributed by atoms with Crippen molar-refractivity contribution in [2.45, 2.75) is 41.5 Å². The summed E-state index contributed by atoms with van der Waals surface area (Å²) >= 11 is 5.42. The van der Waals surface area contributed by atoms with E-state index in [-0.39, 0.29) is 11.0 Å². The third-order valence-electron chi connectivity index (χ3n) is 6.50. The molecule has 0 atom stereocenters. The van der Waals surface area contributed by atoms with E-state index in [1.54, 1.807) is 10.9 Å². The maximum Gasteiger partial charge on any atom is 0.257 e. The van der Waals surface area contributed by atoms with Crippen LogP contribution in [0.15, 0.2) is 48.5 Å². The van der Waals surface area contributed by atoms with Crippen molar-refractivity contribution in [2.24, 2.45) is 0 Å². The Balaban J connectivity index is 1.54. The molecule has 0 bridgehead atoms. The highest BCUT2D eigenvalue weighted by Crippen LogP contribution is 2.25. The van der Waals surface area contributed by atoms with Crippen LogP contribution >= 0.6 is 12.2 Å². The monoisotopic (exact) mass is 500 g/mol. The Morgan fingerprint density at radius 3 is 2.19 bits per heavy atom. The molecular weight excluding hydrogens is 468 g/mol.